The molecule has 0 aromatic carbocycles. The van der Waals surface area contributed by atoms with Crippen molar-refractivity contribution in [1.29, 1.82) is 0 Å². The van der Waals surface area contributed by atoms with Crippen LogP contribution in [0.15, 0.2) is 0 Å². The number of hydrogen-bond donors (Lipinski definition) is 0. The number of rotatable bonds is 5. The predicted molar refractivity (Wildman–Crippen MR) is 65.3 cm³/mol. The molecule has 1 saturated carbocycles. The number of likely N-dealkylation sites (N-methyl/N-ethyl adjacent to an activating group) is 1. The molecule has 0 bridgehead atoms. The lowest BCUT2D eigenvalue weighted by molar-refractivity contribution is -0.149. The van der Waals surface area contributed by atoms with E-state index in [1.54, 1.807) is 0 Å². The smallest absolute Gasteiger partial charge is 0.320 e. The maximum absolute atomic E-state index is 11.4. The molecule has 1 atom stereocenters. The third kappa shape index (κ3) is 5.50. The Morgan fingerprint density at radius 3 is 2.50 bits per heavy atom. The Morgan fingerprint density at radius 2 is 1.94 bits per heavy atom. The van der Waals surface area contributed by atoms with Gasteiger partial charge in [-0.15, -0.1) is 0 Å². The topological polar surface area (TPSA) is 29.5 Å². The van der Waals surface area contributed by atoms with Crippen LogP contribution in [0.1, 0.15) is 45.4 Å². The number of hydrogen-bond acceptors (Lipinski definition) is 3. The molecular formula is C13H25NO2. The van der Waals surface area contributed by atoms with Gasteiger partial charge in [-0.25, -0.2) is 0 Å². The third-order valence-electron chi connectivity index (χ3n) is 3.17. The number of nitrogens with zero attached hydrogens (tertiary/aromatic N) is 1. The van der Waals surface area contributed by atoms with Gasteiger partial charge in [0.1, 0.15) is 0 Å². The van der Waals surface area contributed by atoms with Crippen LogP contribution < -0.4 is 0 Å². The highest BCUT2D eigenvalue weighted by Crippen LogP contribution is 2.27. The summed E-state index contributed by atoms with van der Waals surface area (Å²) >= 11 is 0. The van der Waals surface area contributed by atoms with Crippen LogP contribution in [0, 0.1) is 5.92 Å². The highest BCUT2D eigenvalue weighted by Gasteiger charge is 2.18. The van der Waals surface area contributed by atoms with Crippen LogP contribution in [-0.4, -0.2) is 37.6 Å². The Balaban J connectivity index is 2.18. The zero-order valence-electron chi connectivity index (χ0n) is 10.9. The lowest BCUT2D eigenvalue weighted by Gasteiger charge is -2.24. The standard InChI is InChI=1S/C13H25NO2/c1-11(16-13(15)10-14(2)3)9-12-7-5-4-6-8-12/h11-12H,4-10H2,1-3H3/t11-/m0/s1. The Kier molecular flexibility index (Phi) is 5.81. The molecule has 1 rings (SSSR count). The summed E-state index contributed by atoms with van der Waals surface area (Å²) in [7, 11) is 3.76. The van der Waals surface area contributed by atoms with Crippen LogP contribution in [0.25, 0.3) is 0 Å². The monoisotopic (exact) mass is 227 g/mol. The van der Waals surface area contributed by atoms with Crippen LogP contribution in [0.3, 0.4) is 0 Å². The molecule has 0 saturated heterocycles. The minimum atomic E-state index is -0.103. The van der Waals surface area contributed by atoms with E-state index in [2.05, 4.69) is 0 Å². The molecule has 1 aliphatic carbocycles. The molecule has 0 aromatic heterocycles. The summed E-state index contributed by atoms with van der Waals surface area (Å²) in [5.41, 5.74) is 0. The van der Waals surface area contributed by atoms with Gasteiger partial charge in [0.2, 0.25) is 0 Å². The van der Waals surface area contributed by atoms with E-state index in [-0.39, 0.29) is 12.1 Å². The Hall–Kier alpha value is -0.570. The number of ether oxygens (including phenoxy) is 1. The van der Waals surface area contributed by atoms with Gasteiger partial charge in [0.25, 0.3) is 0 Å². The second-order valence-electron chi connectivity index (χ2n) is 5.28. The van der Waals surface area contributed by atoms with Crippen molar-refractivity contribution in [3.63, 3.8) is 0 Å². The molecule has 3 nitrogen and oxygen atoms in total. The first-order chi connectivity index (χ1) is 7.58. The first-order valence-corrected chi connectivity index (χ1v) is 6.42. The molecule has 0 aromatic rings. The second-order valence-corrected chi connectivity index (χ2v) is 5.28. The van der Waals surface area contributed by atoms with E-state index in [0.717, 1.165) is 12.3 Å². The van der Waals surface area contributed by atoms with E-state index < -0.39 is 0 Å². The molecular weight excluding hydrogens is 202 g/mol. The molecule has 0 spiro atoms. The van der Waals surface area contributed by atoms with Gasteiger partial charge in [0.05, 0.1) is 12.6 Å². The normalized spacial score (nSPS) is 19.8. The largest absolute Gasteiger partial charge is 0.462 e. The van der Waals surface area contributed by atoms with Crippen LogP contribution in [0.4, 0.5) is 0 Å². The first kappa shape index (κ1) is 13.5. The zero-order valence-corrected chi connectivity index (χ0v) is 10.9. The van der Waals surface area contributed by atoms with Gasteiger partial charge in [0.15, 0.2) is 0 Å². The fraction of sp³-hybridized carbons (Fsp3) is 0.923. The summed E-state index contributed by atoms with van der Waals surface area (Å²) < 4.78 is 5.38. The fourth-order valence-electron chi connectivity index (χ4n) is 2.46. The highest BCUT2D eigenvalue weighted by molar-refractivity contribution is 5.71. The number of carbonyl (C=O) groups is 1. The molecule has 0 amide bonds. The third-order valence-corrected chi connectivity index (χ3v) is 3.17. The van der Waals surface area contributed by atoms with Crippen LogP contribution in [-0.2, 0) is 9.53 Å². The van der Waals surface area contributed by atoms with E-state index in [1.807, 2.05) is 25.9 Å². The van der Waals surface area contributed by atoms with Crippen molar-refractivity contribution in [2.75, 3.05) is 20.6 Å². The molecule has 94 valence electrons. The van der Waals surface area contributed by atoms with Gasteiger partial charge in [-0.1, -0.05) is 32.1 Å². The molecule has 16 heavy (non-hydrogen) atoms. The van der Waals surface area contributed by atoms with Crippen molar-refractivity contribution in [3.8, 4) is 0 Å². The summed E-state index contributed by atoms with van der Waals surface area (Å²) in [5, 5.41) is 0. The van der Waals surface area contributed by atoms with Gasteiger partial charge < -0.3 is 4.74 Å². The van der Waals surface area contributed by atoms with Crippen LogP contribution in [0.2, 0.25) is 0 Å². The van der Waals surface area contributed by atoms with Crippen molar-refractivity contribution in [3.05, 3.63) is 0 Å². The average Bonchev–Trinajstić information content (AvgIpc) is 2.17. The lowest BCUT2D eigenvalue weighted by Crippen LogP contribution is -2.27. The van der Waals surface area contributed by atoms with Gasteiger partial charge in [-0.05, 0) is 33.4 Å². The molecule has 1 fully saturated rings. The maximum Gasteiger partial charge on any atom is 0.320 e. The molecule has 0 unspecified atom stereocenters. The van der Waals surface area contributed by atoms with E-state index in [1.165, 1.54) is 32.1 Å². The molecule has 0 N–H and O–H groups in total. The van der Waals surface area contributed by atoms with Crippen molar-refractivity contribution < 1.29 is 9.53 Å². The number of esters is 1. The number of carbonyl (C=O) groups excluding carboxylic acids is 1. The van der Waals surface area contributed by atoms with E-state index in [4.69, 9.17) is 4.74 Å². The zero-order chi connectivity index (χ0) is 12.0. The van der Waals surface area contributed by atoms with Crippen molar-refractivity contribution >= 4 is 5.97 Å². The summed E-state index contributed by atoms with van der Waals surface area (Å²) in [6.07, 6.45) is 7.83. The van der Waals surface area contributed by atoms with Gasteiger partial charge in [0, 0.05) is 0 Å². The van der Waals surface area contributed by atoms with Crippen LogP contribution in [0.5, 0.6) is 0 Å². The van der Waals surface area contributed by atoms with Crippen LogP contribution >= 0.6 is 0 Å². The molecule has 0 heterocycles. The Labute approximate surface area is 99.1 Å². The van der Waals surface area contributed by atoms with Gasteiger partial charge in [-0.3, -0.25) is 9.69 Å². The summed E-state index contributed by atoms with van der Waals surface area (Å²) in [6.45, 7) is 2.40. The molecule has 3 heteroatoms. The molecule has 0 aliphatic heterocycles. The van der Waals surface area contributed by atoms with Gasteiger partial charge >= 0.3 is 5.97 Å². The quantitative estimate of drug-likeness (QED) is 0.676. The molecule has 1 aliphatic rings. The van der Waals surface area contributed by atoms with E-state index in [9.17, 15) is 4.79 Å². The average molecular weight is 227 g/mol. The minimum absolute atomic E-state index is 0.0792. The molecule has 0 radical (unpaired) electrons. The Bertz CT molecular complexity index is 210. The highest BCUT2D eigenvalue weighted by atomic mass is 16.5. The summed E-state index contributed by atoms with van der Waals surface area (Å²) in [4.78, 5) is 13.3. The minimum Gasteiger partial charge on any atom is -0.462 e. The predicted octanol–water partition coefficient (Wildman–Crippen LogP) is 2.45. The van der Waals surface area contributed by atoms with Crippen molar-refractivity contribution in [1.82, 2.24) is 4.90 Å². The van der Waals surface area contributed by atoms with Crippen molar-refractivity contribution in [2.24, 2.45) is 5.92 Å². The van der Waals surface area contributed by atoms with E-state index in [0.29, 0.717) is 6.54 Å². The summed E-state index contributed by atoms with van der Waals surface area (Å²) in [5.74, 6) is 0.671. The van der Waals surface area contributed by atoms with Gasteiger partial charge in [-0.2, -0.15) is 0 Å². The maximum atomic E-state index is 11.4. The Morgan fingerprint density at radius 1 is 1.31 bits per heavy atom. The lowest BCUT2D eigenvalue weighted by atomic mass is 9.86. The fourth-order valence-corrected chi connectivity index (χ4v) is 2.46. The second kappa shape index (κ2) is 6.89. The van der Waals surface area contributed by atoms with Crippen molar-refractivity contribution in [2.45, 2.75) is 51.6 Å². The first-order valence-electron chi connectivity index (χ1n) is 6.42. The SMILES string of the molecule is C[C@@H](CC1CCCCC1)OC(=O)CN(C)C. The summed E-state index contributed by atoms with van der Waals surface area (Å²) in [6, 6.07) is 0. The van der Waals surface area contributed by atoms with E-state index >= 15 is 0 Å².